The number of benzene rings is 9. The van der Waals surface area contributed by atoms with Crippen molar-refractivity contribution in [1.82, 2.24) is 9.97 Å². The van der Waals surface area contributed by atoms with Crippen LogP contribution < -0.4 is 0 Å². The van der Waals surface area contributed by atoms with Gasteiger partial charge in [0.2, 0.25) is 0 Å². The summed E-state index contributed by atoms with van der Waals surface area (Å²) in [5.74, 6) is 0.688. The smallest absolute Gasteiger partial charge is 0.160 e. The van der Waals surface area contributed by atoms with Crippen molar-refractivity contribution in [2.75, 3.05) is 0 Å². The Morgan fingerprint density at radius 3 is 1.85 bits per heavy atom. The molecule has 0 radical (unpaired) electrons. The van der Waals surface area contributed by atoms with Gasteiger partial charge in [0.1, 0.15) is 11.2 Å². The van der Waals surface area contributed by atoms with Crippen LogP contribution in [0, 0.1) is 0 Å². The van der Waals surface area contributed by atoms with Gasteiger partial charge in [-0.2, -0.15) is 0 Å². The van der Waals surface area contributed by atoms with Crippen LogP contribution in [0.25, 0.3) is 111 Å². The maximum absolute atomic E-state index is 6.46. The first-order valence-corrected chi connectivity index (χ1v) is 20.6. The fourth-order valence-corrected chi connectivity index (χ4v) is 9.72. The van der Waals surface area contributed by atoms with Crippen LogP contribution in [0.1, 0.15) is 25.0 Å². The first-order valence-electron chi connectivity index (χ1n) is 20.6. The van der Waals surface area contributed by atoms with E-state index in [1.54, 1.807) is 0 Å². The van der Waals surface area contributed by atoms with Gasteiger partial charge in [0, 0.05) is 38.4 Å². The van der Waals surface area contributed by atoms with Crippen LogP contribution in [0.4, 0.5) is 0 Å². The fraction of sp³-hybridized carbons (Fsp3) is 0.0526. The standard InChI is InChI=1S/C57H38N2O/c1-57(2)49-27-14-25-46(54(49)48-32-36-17-6-7-18-37(36)33-50(48)57)43-29-30-44(42-22-9-8-21-41(42)43)52-34-51(58-56(59-52)35-15-4-3-5-16-35)39-20-12-19-38(31-39)40-24-13-26-47-45-23-10-11-28-53(45)60-55(40)47/h3-34H,1-2H3. The maximum atomic E-state index is 6.46. The topological polar surface area (TPSA) is 38.9 Å². The van der Waals surface area contributed by atoms with Crippen LogP contribution in [-0.2, 0) is 5.41 Å². The van der Waals surface area contributed by atoms with Crippen LogP contribution in [-0.4, -0.2) is 9.97 Å². The molecule has 0 saturated carbocycles. The van der Waals surface area contributed by atoms with Crippen molar-refractivity contribution >= 4 is 43.5 Å². The summed E-state index contributed by atoms with van der Waals surface area (Å²) in [5, 5.41) is 7.12. The molecule has 1 aliphatic rings. The molecule has 3 nitrogen and oxygen atoms in total. The van der Waals surface area contributed by atoms with E-state index in [0.29, 0.717) is 5.82 Å². The Bertz CT molecular complexity index is 3520. The normalized spacial score (nSPS) is 13.0. The van der Waals surface area contributed by atoms with Crippen molar-refractivity contribution in [3.05, 3.63) is 205 Å². The molecule has 0 amide bonds. The van der Waals surface area contributed by atoms with Gasteiger partial charge in [0.25, 0.3) is 0 Å². The van der Waals surface area contributed by atoms with E-state index in [-0.39, 0.29) is 5.41 Å². The third kappa shape index (κ3) is 5.29. The SMILES string of the molecule is CC1(C)c2cc3ccccc3cc2-c2c(-c3ccc(-c4cc(-c5cccc(-c6cccc7c6oc6ccccc67)c5)nc(-c5ccccc5)n4)c4ccccc34)cccc21. The average Bonchev–Trinajstić information content (AvgIpc) is 3.80. The van der Waals surface area contributed by atoms with Gasteiger partial charge in [-0.1, -0.05) is 178 Å². The summed E-state index contributed by atoms with van der Waals surface area (Å²) in [6, 6.07) is 69.4. The Labute approximate surface area is 348 Å². The molecule has 0 N–H and O–H groups in total. The molecular weight excluding hydrogens is 729 g/mol. The number of para-hydroxylation sites is 2. The molecule has 0 spiro atoms. The van der Waals surface area contributed by atoms with Gasteiger partial charge in [0.15, 0.2) is 5.82 Å². The minimum atomic E-state index is -0.123. The summed E-state index contributed by atoms with van der Waals surface area (Å²) in [6.07, 6.45) is 0. The Morgan fingerprint density at radius 1 is 0.383 bits per heavy atom. The monoisotopic (exact) mass is 766 g/mol. The van der Waals surface area contributed by atoms with E-state index < -0.39 is 0 Å². The number of fused-ring (bicyclic) bond motifs is 8. The highest BCUT2D eigenvalue weighted by molar-refractivity contribution is 6.10. The zero-order valence-corrected chi connectivity index (χ0v) is 33.3. The lowest BCUT2D eigenvalue weighted by atomic mass is 9.81. The molecule has 3 heteroatoms. The first-order chi connectivity index (χ1) is 29.5. The number of aromatic nitrogens is 2. The molecule has 0 aliphatic heterocycles. The Morgan fingerprint density at radius 2 is 1.00 bits per heavy atom. The molecule has 0 unspecified atom stereocenters. The molecule has 1 aliphatic carbocycles. The van der Waals surface area contributed by atoms with Crippen molar-refractivity contribution in [3.63, 3.8) is 0 Å². The molecule has 2 aromatic heterocycles. The number of hydrogen-bond donors (Lipinski definition) is 0. The van der Waals surface area contributed by atoms with Gasteiger partial charge in [-0.15, -0.1) is 0 Å². The molecular formula is C57H38N2O. The second-order valence-electron chi connectivity index (χ2n) is 16.5. The highest BCUT2D eigenvalue weighted by Crippen LogP contribution is 2.54. The largest absolute Gasteiger partial charge is 0.455 e. The first kappa shape index (κ1) is 34.4. The third-order valence-corrected chi connectivity index (χ3v) is 12.7. The van der Waals surface area contributed by atoms with Gasteiger partial charge >= 0.3 is 0 Å². The van der Waals surface area contributed by atoms with Gasteiger partial charge in [-0.05, 0) is 90.8 Å². The molecule has 2 heterocycles. The van der Waals surface area contributed by atoms with E-state index in [9.17, 15) is 0 Å². The fourth-order valence-electron chi connectivity index (χ4n) is 9.72. The van der Waals surface area contributed by atoms with Gasteiger partial charge < -0.3 is 4.42 Å². The van der Waals surface area contributed by atoms with Crippen LogP contribution in [0.3, 0.4) is 0 Å². The predicted molar refractivity (Wildman–Crippen MR) is 249 cm³/mol. The lowest BCUT2D eigenvalue weighted by Crippen LogP contribution is -2.14. The molecule has 0 saturated heterocycles. The highest BCUT2D eigenvalue weighted by Gasteiger charge is 2.37. The van der Waals surface area contributed by atoms with E-state index in [4.69, 9.17) is 14.4 Å². The Balaban J connectivity index is 1.03. The molecule has 282 valence electrons. The Kier molecular flexibility index (Phi) is 7.58. The third-order valence-electron chi connectivity index (χ3n) is 12.7. The quantitative estimate of drug-likeness (QED) is 0.175. The van der Waals surface area contributed by atoms with Crippen molar-refractivity contribution in [2.45, 2.75) is 19.3 Å². The van der Waals surface area contributed by atoms with E-state index >= 15 is 0 Å². The Hall–Kier alpha value is -7.62. The van der Waals surface area contributed by atoms with Crippen molar-refractivity contribution in [1.29, 1.82) is 0 Å². The zero-order chi connectivity index (χ0) is 40.0. The number of nitrogens with zero attached hydrogens (tertiary/aromatic N) is 2. The number of hydrogen-bond acceptors (Lipinski definition) is 3. The van der Waals surface area contributed by atoms with E-state index in [1.807, 2.05) is 30.3 Å². The lowest BCUT2D eigenvalue weighted by molar-refractivity contribution is 0.661. The molecule has 12 rings (SSSR count). The molecule has 60 heavy (non-hydrogen) atoms. The van der Waals surface area contributed by atoms with Crippen molar-refractivity contribution in [3.8, 4) is 67.3 Å². The summed E-state index contributed by atoms with van der Waals surface area (Å²) in [6.45, 7) is 4.73. The summed E-state index contributed by atoms with van der Waals surface area (Å²) < 4.78 is 6.46. The van der Waals surface area contributed by atoms with Crippen LogP contribution >= 0.6 is 0 Å². The van der Waals surface area contributed by atoms with Gasteiger partial charge in [0.05, 0.1) is 11.4 Å². The maximum Gasteiger partial charge on any atom is 0.160 e. The molecule has 0 atom stereocenters. The highest BCUT2D eigenvalue weighted by atomic mass is 16.3. The number of rotatable bonds is 5. The van der Waals surface area contributed by atoms with E-state index in [1.165, 1.54) is 49.5 Å². The summed E-state index contributed by atoms with van der Waals surface area (Å²) in [5.41, 5.74) is 16.4. The molecule has 11 aromatic rings. The minimum Gasteiger partial charge on any atom is -0.455 e. The second-order valence-corrected chi connectivity index (χ2v) is 16.5. The summed E-state index contributed by atoms with van der Waals surface area (Å²) >= 11 is 0. The van der Waals surface area contributed by atoms with Crippen LogP contribution in [0.2, 0.25) is 0 Å². The molecule has 0 fully saturated rings. The molecule has 0 bridgehead atoms. The van der Waals surface area contributed by atoms with Crippen molar-refractivity contribution < 1.29 is 4.42 Å². The van der Waals surface area contributed by atoms with Crippen LogP contribution in [0.5, 0.6) is 0 Å². The number of furan rings is 1. The zero-order valence-electron chi connectivity index (χ0n) is 33.3. The van der Waals surface area contributed by atoms with Gasteiger partial charge in [-0.3, -0.25) is 0 Å². The minimum absolute atomic E-state index is 0.123. The average molecular weight is 767 g/mol. The second kappa shape index (κ2) is 13.2. The van der Waals surface area contributed by atoms with Gasteiger partial charge in [-0.25, -0.2) is 9.97 Å². The lowest BCUT2D eigenvalue weighted by Gasteiger charge is -2.22. The predicted octanol–water partition coefficient (Wildman–Crippen LogP) is 15.3. The summed E-state index contributed by atoms with van der Waals surface area (Å²) in [4.78, 5) is 10.5. The molecule has 9 aromatic carbocycles. The van der Waals surface area contributed by atoms with E-state index in [2.05, 4.69) is 178 Å². The van der Waals surface area contributed by atoms with Crippen LogP contribution in [0.15, 0.2) is 199 Å². The van der Waals surface area contributed by atoms with Crippen molar-refractivity contribution in [2.24, 2.45) is 0 Å². The summed E-state index contributed by atoms with van der Waals surface area (Å²) in [7, 11) is 0. The van der Waals surface area contributed by atoms with E-state index in [0.717, 1.165) is 66.5 Å².